The summed E-state index contributed by atoms with van der Waals surface area (Å²) in [5.41, 5.74) is -0.847. The van der Waals surface area contributed by atoms with Gasteiger partial charge in [-0.25, -0.2) is 19.2 Å². The van der Waals surface area contributed by atoms with Crippen LogP contribution in [0, 0.1) is 0 Å². The number of carbonyl (C=O) groups excluding carboxylic acids is 5. The third kappa shape index (κ3) is 12.1. The molecule has 208 valence electrons. The van der Waals surface area contributed by atoms with Gasteiger partial charge < -0.3 is 33.2 Å². The summed E-state index contributed by atoms with van der Waals surface area (Å²) >= 11 is 0. The Morgan fingerprint density at radius 3 is 1.55 bits per heavy atom. The lowest BCUT2D eigenvalue weighted by Gasteiger charge is -2.23. The highest BCUT2D eigenvalue weighted by atomic mass is 16.7. The molecule has 1 aromatic rings. The molecule has 0 N–H and O–H groups in total. The first-order valence-corrected chi connectivity index (χ1v) is 11.4. The van der Waals surface area contributed by atoms with E-state index in [0.717, 1.165) is 0 Å². The monoisotopic (exact) mass is 536 g/mol. The molecule has 0 amide bonds. The molecule has 38 heavy (non-hydrogen) atoms. The topological polar surface area (TPSA) is 150 Å². The molecule has 0 aliphatic rings. The molecule has 0 radical (unpaired) electrons. The fourth-order valence-corrected chi connectivity index (χ4v) is 2.43. The zero-order valence-corrected chi connectivity index (χ0v) is 21.9. The normalized spacial score (nSPS) is 10.4. The summed E-state index contributed by atoms with van der Waals surface area (Å²) in [5, 5.41) is 0. The Labute approximate surface area is 220 Å². The molecule has 0 fully saturated rings. The highest BCUT2D eigenvalue weighted by Crippen LogP contribution is 2.20. The molecular weight excluding hydrogens is 504 g/mol. The van der Waals surface area contributed by atoms with E-state index < -0.39 is 35.6 Å². The molecule has 1 aromatic carbocycles. The molecule has 0 spiro atoms. The summed E-state index contributed by atoms with van der Waals surface area (Å²) < 4.78 is 34.5. The van der Waals surface area contributed by atoms with Crippen molar-refractivity contribution >= 4 is 30.0 Å². The third-order valence-corrected chi connectivity index (χ3v) is 4.34. The molecule has 0 aliphatic carbocycles. The zero-order valence-electron chi connectivity index (χ0n) is 21.9. The number of Topliss-reactive ketones (excluding diaryl/α,β-unsaturated/α-hetero) is 1. The van der Waals surface area contributed by atoms with E-state index in [4.69, 9.17) is 33.2 Å². The van der Waals surface area contributed by atoms with Crippen LogP contribution in [-0.2, 0) is 38.0 Å². The summed E-state index contributed by atoms with van der Waals surface area (Å²) in [6.07, 6.45) is -2.05. The minimum Gasteiger partial charge on any atom is -0.490 e. The molecule has 0 atom stereocenters. The maximum Gasteiger partial charge on any atom is 0.509 e. The molecule has 12 nitrogen and oxygen atoms in total. The summed E-state index contributed by atoms with van der Waals surface area (Å²) in [6.45, 7) is 11.8. The number of carbonyl (C=O) groups is 5. The average molecular weight is 537 g/mol. The lowest BCUT2D eigenvalue weighted by Crippen LogP contribution is -2.37. The lowest BCUT2D eigenvalue weighted by molar-refractivity contribution is -0.141. The van der Waals surface area contributed by atoms with Crippen molar-refractivity contribution in [3.05, 3.63) is 54.1 Å². The Bertz CT molecular complexity index is 1020. The van der Waals surface area contributed by atoms with E-state index in [0.29, 0.717) is 5.75 Å². The van der Waals surface area contributed by atoms with Crippen LogP contribution in [0.1, 0.15) is 38.1 Å². The number of esters is 2. The van der Waals surface area contributed by atoms with Crippen molar-refractivity contribution in [1.82, 2.24) is 0 Å². The Hall–Kier alpha value is -4.35. The van der Waals surface area contributed by atoms with Crippen LogP contribution in [0.5, 0.6) is 5.75 Å². The van der Waals surface area contributed by atoms with Crippen LogP contribution < -0.4 is 4.74 Å². The second kappa shape index (κ2) is 15.7. The summed E-state index contributed by atoms with van der Waals surface area (Å²) in [5.74, 6) is -1.30. The van der Waals surface area contributed by atoms with Gasteiger partial charge in [-0.15, -0.1) is 0 Å². The van der Waals surface area contributed by atoms with Crippen LogP contribution in [-0.4, -0.2) is 75.3 Å². The molecule has 0 aromatic heterocycles. The van der Waals surface area contributed by atoms with Gasteiger partial charge in [0.05, 0.1) is 0 Å². The molecule has 0 aliphatic heterocycles. The van der Waals surface area contributed by atoms with Crippen molar-refractivity contribution in [3.63, 3.8) is 0 Å². The Kier molecular flexibility index (Phi) is 13.1. The fourth-order valence-electron chi connectivity index (χ4n) is 2.43. The molecular formula is C26H32O12. The van der Waals surface area contributed by atoms with Gasteiger partial charge in [0.25, 0.3) is 0 Å². The molecule has 0 heterocycles. The van der Waals surface area contributed by atoms with Gasteiger partial charge in [-0.1, -0.05) is 13.2 Å². The van der Waals surface area contributed by atoms with Crippen LogP contribution in [0.15, 0.2) is 48.6 Å². The van der Waals surface area contributed by atoms with Gasteiger partial charge in [-0.05, 0) is 52.0 Å². The van der Waals surface area contributed by atoms with Crippen LogP contribution in [0.3, 0.4) is 0 Å². The number of hydrogen-bond donors (Lipinski definition) is 0. The number of benzene rings is 1. The van der Waals surface area contributed by atoms with E-state index in [-0.39, 0.29) is 56.4 Å². The van der Waals surface area contributed by atoms with Gasteiger partial charge in [-0.2, -0.15) is 0 Å². The predicted molar refractivity (Wildman–Crippen MR) is 132 cm³/mol. The molecule has 0 unspecified atom stereocenters. The van der Waals surface area contributed by atoms with Gasteiger partial charge >= 0.3 is 24.2 Å². The number of ether oxygens (including phenoxy) is 7. The first kappa shape index (κ1) is 31.7. The molecule has 12 heteroatoms. The van der Waals surface area contributed by atoms with Crippen molar-refractivity contribution in [1.29, 1.82) is 0 Å². The van der Waals surface area contributed by atoms with Gasteiger partial charge in [-0.3, -0.25) is 4.79 Å². The zero-order chi connectivity index (χ0) is 28.7. The Morgan fingerprint density at radius 1 is 0.658 bits per heavy atom. The minimum atomic E-state index is -1.54. The van der Waals surface area contributed by atoms with Crippen LogP contribution in [0.25, 0.3) is 0 Å². The molecule has 0 saturated carbocycles. The van der Waals surface area contributed by atoms with Gasteiger partial charge in [0.15, 0.2) is 5.60 Å². The van der Waals surface area contributed by atoms with E-state index >= 15 is 0 Å². The highest BCUT2D eigenvalue weighted by molar-refractivity contribution is 6.02. The second-order valence-electron chi connectivity index (χ2n) is 8.19. The molecule has 0 bridgehead atoms. The fraction of sp³-hybridized carbons (Fsp3) is 0.423. The number of ketones is 1. The molecule has 1 rings (SSSR count). The van der Waals surface area contributed by atoms with Gasteiger partial charge in [0.1, 0.15) is 45.4 Å². The summed E-state index contributed by atoms with van der Waals surface area (Å²) in [6, 6.07) is 6.00. The summed E-state index contributed by atoms with van der Waals surface area (Å²) in [4.78, 5) is 58.6. The quantitative estimate of drug-likeness (QED) is 0.106. The van der Waals surface area contributed by atoms with Crippen LogP contribution in [0.4, 0.5) is 9.59 Å². The van der Waals surface area contributed by atoms with Crippen molar-refractivity contribution in [2.24, 2.45) is 0 Å². The highest BCUT2D eigenvalue weighted by Gasteiger charge is 2.33. The largest absolute Gasteiger partial charge is 0.509 e. The SMILES string of the molecule is C=C(C)C(=O)OCCOC(=O)OCCOc1ccc(C(=O)C(C)(C)OC(=O)OCCOC(=O)C(=C)C)cc1. The van der Waals surface area contributed by atoms with Crippen molar-refractivity contribution < 1.29 is 57.1 Å². The first-order chi connectivity index (χ1) is 17.8. The Balaban J connectivity index is 2.36. The van der Waals surface area contributed by atoms with Gasteiger partial charge in [0, 0.05) is 16.7 Å². The van der Waals surface area contributed by atoms with E-state index in [1.165, 1.54) is 52.0 Å². The van der Waals surface area contributed by atoms with Crippen LogP contribution >= 0.6 is 0 Å². The maximum atomic E-state index is 12.8. The van der Waals surface area contributed by atoms with Crippen molar-refractivity contribution in [2.45, 2.75) is 33.3 Å². The number of rotatable bonds is 15. The van der Waals surface area contributed by atoms with E-state index in [1.54, 1.807) is 0 Å². The summed E-state index contributed by atoms with van der Waals surface area (Å²) in [7, 11) is 0. The minimum absolute atomic E-state index is 0.00909. The van der Waals surface area contributed by atoms with E-state index in [2.05, 4.69) is 13.2 Å². The first-order valence-electron chi connectivity index (χ1n) is 11.4. The van der Waals surface area contributed by atoms with Crippen molar-refractivity contribution in [2.75, 3.05) is 39.6 Å². The Morgan fingerprint density at radius 2 is 1.08 bits per heavy atom. The smallest absolute Gasteiger partial charge is 0.490 e. The second-order valence-corrected chi connectivity index (χ2v) is 8.19. The van der Waals surface area contributed by atoms with E-state index in [1.807, 2.05) is 0 Å². The van der Waals surface area contributed by atoms with E-state index in [9.17, 15) is 24.0 Å². The van der Waals surface area contributed by atoms with Gasteiger partial charge in [0.2, 0.25) is 5.78 Å². The molecule has 0 saturated heterocycles. The lowest BCUT2D eigenvalue weighted by atomic mass is 9.96. The maximum absolute atomic E-state index is 12.8. The van der Waals surface area contributed by atoms with Crippen LogP contribution in [0.2, 0.25) is 0 Å². The third-order valence-electron chi connectivity index (χ3n) is 4.34. The standard InChI is InChI=1S/C26H32O12/c1-17(2)22(28)33-12-15-36-24(30)35-14-11-32-20-9-7-19(8-10-20)21(27)26(5,6)38-25(31)37-16-13-34-23(29)18(3)4/h7-10H,1,3,11-16H2,2,4-6H3. The number of hydrogen-bond acceptors (Lipinski definition) is 12. The average Bonchev–Trinajstić information content (AvgIpc) is 2.86. The predicted octanol–water partition coefficient (Wildman–Crippen LogP) is 3.57. The van der Waals surface area contributed by atoms with Crippen molar-refractivity contribution in [3.8, 4) is 5.75 Å².